The molecule has 1 aromatic carbocycles. The van der Waals surface area contributed by atoms with E-state index in [1.54, 1.807) is 0 Å². The number of rotatable bonds is 6. The van der Waals surface area contributed by atoms with Crippen LogP contribution in [-0.4, -0.2) is 61.6 Å². The molecule has 3 rings (SSSR count). The van der Waals surface area contributed by atoms with E-state index in [1.165, 1.54) is 56.6 Å². The number of likely N-dealkylation sites (N-methyl/N-ethyl adjacent to an activating group) is 1. The topological polar surface area (TPSA) is 42.9 Å². The lowest BCUT2D eigenvalue weighted by Gasteiger charge is -2.20. The number of benzene rings is 1. The van der Waals surface area contributed by atoms with Gasteiger partial charge in [-0.15, -0.1) is 0 Å². The van der Waals surface area contributed by atoms with Crippen LogP contribution in [0.25, 0.3) is 0 Å². The van der Waals surface area contributed by atoms with Crippen molar-refractivity contribution in [2.75, 3.05) is 39.8 Å². The Bertz CT molecular complexity index is 550. The largest absolute Gasteiger partial charge is 0.357 e. The van der Waals surface area contributed by atoms with Crippen LogP contribution in [0.1, 0.15) is 37.3 Å². The first-order valence-electron chi connectivity index (χ1n) is 9.76. The van der Waals surface area contributed by atoms with Crippen molar-refractivity contribution < 1.29 is 0 Å². The minimum absolute atomic E-state index is 0.632. The van der Waals surface area contributed by atoms with E-state index in [0.717, 1.165) is 25.6 Å². The van der Waals surface area contributed by atoms with E-state index in [9.17, 15) is 0 Å². The van der Waals surface area contributed by atoms with Gasteiger partial charge in [-0.05, 0) is 57.5 Å². The molecule has 1 aromatic rings. The Morgan fingerprint density at radius 3 is 2.56 bits per heavy atom. The third-order valence-electron chi connectivity index (χ3n) is 4.92. The van der Waals surface area contributed by atoms with Crippen molar-refractivity contribution in [1.82, 2.24) is 20.4 Å². The Morgan fingerprint density at radius 2 is 1.84 bits per heavy atom. The molecule has 2 N–H and O–H groups in total. The van der Waals surface area contributed by atoms with Gasteiger partial charge in [0.25, 0.3) is 0 Å². The van der Waals surface area contributed by atoms with Crippen molar-refractivity contribution in [2.24, 2.45) is 4.99 Å². The van der Waals surface area contributed by atoms with E-state index < -0.39 is 0 Å². The zero-order valence-corrected chi connectivity index (χ0v) is 15.8. The summed E-state index contributed by atoms with van der Waals surface area (Å²) < 4.78 is 0. The summed E-state index contributed by atoms with van der Waals surface area (Å²) in [5, 5.41) is 6.79. The zero-order valence-electron chi connectivity index (χ0n) is 15.8. The molecule has 0 spiro atoms. The number of nitrogens with one attached hydrogen (secondary N) is 2. The van der Waals surface area contributed by atoms with Crippen LogP contribution in [0.2, 0.25) is 0 Å². The van der Waals surface area contributed by atoms with Crippen LogP contribution in [0.3, 0.4) is 0 Å². The average molecular weight is 344 g/mol. The van der Waals surface area contributed by atoms with Gasteiger partial charge in [-0.2, -0.15) is 0 Å². The van der Waals surface area contributed by atoms with Gasteiger partial charge in [0.1, 0.15) is 0 Å². The van der Waals surface area contributed by atoms with E-state index in [4.69, 9.17) is 4.99 Å². The molecule has 5 heteroatoms. The maximum Gasteiger partial charge on any atom is 0.191 e. The van der Waals surface area contributed by atoms with Gasteiger partial charge in [-0.1, -0.05) is 24.3 Å². The zero-order chi connectivity index (χ0) is 17.5. The minimum Gasteiger partial charge on any atom is -0.357 e. The van der Waals surface area contributed by atoms with Gasteiger partial charge in [-0.3, -0.25) is 4.90 Å². The third kappa shape index (κ3) is 6.33. The predicted molar refractivity (Wildman–Crippen MR) is 105 cm³/mol. The molecule has 0 radical (unpaired) electrons. The summed E-state index contributed by atoms with van der Waals surface area (Å²) in [5.41, 5.74) is 2.67. The summed E-state index contributed by atoms with van der Waals surface area (Å²) in [6.07, 6.45) is 3.81. The first-order valence-corrected chi connectivity index (χ1v) is 9.76. The number of hydrogen-bond donors (Lipinski definition) is 2. The molecule has 138 valence electrons. The van der Waals surface area contributed by atoms with Crippen LogP contribution in [-0.2, 0) is 13.1 Å². The number of aliphatic imine (C=N–C) groups is 1. The lowest BCUT2D eigenvalue weighted by Crippen LogP contribution is -2.38. The monoisotopic (exact) mass is 343 g/mol. The second kappa shape index (κ2) is 9.20. The number of guanidine groups is 1. The molecule has 0 unspecified atom stereocenters. The Kier molecular flexibility index (Phi) is 6.70. The molecule has 1 saturated heterocycles. The first-order chi connectivity index (χ1) is 12.2. The number of hydrogen-bond acceptors (Lipinski definition) is 3. The highest BCUT2D eigenvalue weighted by Crippen LogP contribution is 2.18. The average Bonchev–Trinajstić information content (AvgIpc) is 3.44. The minimum atomic E-state index is 0.632. The lowest BCUT2D eigenvalue weighted by molar-refractivity contribution is 0.269. The molecule has 1 heterocycles. The second-order valence-corrected chi connectivity index (χ2v) is 7.36. The summed E-state index contributed by atoms with van der Waals surface area (Å²) >= 11 is 0. The quantitative estimate of drug-likeness (QED) is 0.613. The predicted octanol–water partition coefficient (Wildman–Crippen LogP) is 2.04. The van der Waals surface area contributed by atoms with Gasteiger partial charge in [0.05, 0.1) is 6.54 Å². The Hall–Kier alpha value is -1.59. The fourth-order valence-corrected chi connectivity index (χ4v) is 3.18. The van der Waals surface area contributed by atoms with Crippen molar-refractivity contribution in [3.63, 3.8) is 0 Å². The standard InChI is InChI=1S/C20H33N5/c1-3-21-20(23-19-9-10-19)22-15-17-5-7-18(8-6-17)16-25-12-4-11-24(2)13-14-25/h5-8,19H,3-4,9-16H2,1-2H3,(H2,21,22,23). The first kappa shape index (κ1) is 18.2. The molecule has 25 heavy (non-hydrogen) atoms. The molecule has 0 bridgehead atoms. The molecule has 2 aliphatic rings. The summed E-state index contributed by atoms with van der Waals surface area (Å²) in [4.78, 5) is 9.71. The highest BCUT2D eigenvalue weighted by molar-refractivity contribution is 5.80. The lowest BCUT2D eigenvalue weighted by atomic mass is 10.1. The maximum atomic E-state index is 4.71. The summed E-state index contributed by atoms with van der Waals surface area (Å²) in [5.74, 6) is 0.947. The van der Waals surface area contributed by atoms with E-state index >= 15 is 0 Å². The Labute approximate surface area is 152 Å². The van der Waals surface area contributed by atoms with Crippen LogP contribution in [0.4, 0.5) is 0 Å². The van der Waals surface area contributed by atoms with Gasteiger partial charge in [-0.25, -0.2) is 4.99 Å². The highest BCUT2D eigenvalue weighted by atomic mass is 15.2. The SMILES string of the molecule is CCNC(=NCc1ccc(CN2CCCN(C)CC2)cc1)NC1CC1. The summed E-state index contributed by atoms with van der Waals surface area (Å²) in [6, 6.07) is 9.61. The van der Waals surface area contributed by atoms with E-state index in [2.05, 4.69) is 58.7 Å². The molecule has 1 aliphatic heterocycles. The molecule has 0 amide bonds. The van der Waals surface area contributed by atoms with Crippen molar-refractivity contribution in [3.8, 4) is 0 Å². The van der Waals surface area contributed by atoms with Crippen LogP contribution in [0.5, 0.6) is 0 Å². The summed E-state index contributed by atoms with van der Waals surface area (Å²) in [7, 11) is 2.22. The Balaban J connectivity index is 1.50. The molecule has 1 saturated carbocycles. The fraction of sp³-hybridized carbons (Fsp3) is 0.650. The van der Waals surface area contributed by atoms with Gasteiger partial charge < -0.3 is 15.5 Å². The molecular formula is C20H33N5. The molecular weight excluding hydrogens is 310 g/mol. The van der Waals surface area contributed by atoms with Gasteiger partial charge in [0.15, 0.2) is 5.96 Å². The van der Waals surface area contributed by atoms with E-state index in [-0.39, 0.29) is 0 Å². The van der Waals surface area contributed by atoms with Gasteiger partial charge >= 0.3 is 0 Å². The van der Waals surface area contributed by atoms with Gasteiger partial charge in [0.2, 0.25) is 0 Å². The second-order valence-electron chi connectivity index (χ2n) is 7.36. The van der Waals surface area contributed by atoms with Crippen LogP contribution in [0, 0.1) is 0 Å². The van der Waals surface area contributed by atoms with Crippen molar-refractivity contribution in [2.45, 2.75) is 45.3 Å². The highest BCUT2D eigenvalue weighted by Gasteiger charge is 2.22. The molecule has 1 aliphatic carbocycles. The van der Waals surface area contributed by atoms with Crippen LogP contribution >= 0.6 is 0 Å². The fourth-order valence-electron chi connectivity index (χ4n) is 3.18. The third-order valence-corrected chi connectivity index (χ3v) is 4.92. The summed E-state index contributed by atoms with van der Waals surface area (Å²) in [6.45, 7) is 9.57. The van der Waals surface area contributed by atoms with Crippen molar-refractivity contribution in [1.29, 1.82) is 0 Å². The number of nitrogens with zero attached hydrogens (tertiary/aromatic N) is 3. The maximum absolute atomic E-state index is 4.71. The van der Waals surface area contributed by atoms with Crippen molar-refractivity contribution in [3.05, 3.63) is 35.4 Å². The normalized spacial score (nSPS) is 20.3. The molecule has 5 nitrogen and oxygen atoms in total. The van der Waals surface area contributed by atoms with Crippen LogP contribution < -0.4 is 10.6 Å². The smallest absolute Gasteiger partial charge is 0.191 e. The molecule has 0 atom stereocenters. The molecule has 2 fully saturated rings. The molecule has 0 aromatic heterocycles. The van der Waals surface area contributed by atoms with Gasteiger partial charge in [0, 0.05) is 32.2 Å². The van der Waals surface area contributed by atoms with E-state index in [0.29, 0.717) is 6.04 Å². The Morgan fingerprint density at radius 1 is 1.08 bits per heavy atom. The van der Waals surface area contributed by atoms with Crippen LogP contribution in [0.15, 0.2) is 29.3 Å². The van der Waals surface area contributed by atoms with Crippen molar-refractivity contribution >= 4 is 5.96 Å². The van der Waals surface area contributed by atoms with E-state index in [1.807, 2.05) is 0 Å².